The molecule has 0 radical (unpaired) electrons. The number of carbonyl (C=O) groups excluding carboxylic acids is 1. The van der Waals surface area contributed by atoms with Crippen molar-refractivity contribution < 1.29 is 17.9 Å². The Bertz CT molecular complexity index is 525. The zero-order valence-electron chi connectivity index (χ0n) is 10.6. The van der Waals surface area contributed by atoms with Gasteiger partial charge in [-0.2, -0.15) is 0 Å². The van der Waals surface area contributed by atoms with Gasteiger partial charge < -0.3 is 4.74 Å². The van der Waals surface area contributed by atoms with E-state index in [-0.39, 0.29) is 16.5 Å². The molecule has 1 aromatic rings. The van der Waals surface area contributed by atoms with E-state index in [9.17, 15) is 13.2 Å². The van der Waals surface area contributed by atoms with Crippen LogP contribution >= 0.6 is 0 Å². The fourth-order valence-electron chi connectivity index (χ4n) is 1.39. The largest absolute Gasteiger partial charge is 0.465 e. The third-order valence-corrected chi connectivity index (χ3v) is 4.20. The van der Waals surface area contributed by atoms with E-state index in [4.69, 9.17) is 0 Å². The van der Waals surface area contributed by atoms with Crippen LogP contribution in [-0.4, -0.2) is 27.5 Å². The van der Waals surface area contributed by atoms with Crippen molar-refractivity contribution in [3.8, 4) is 0 Å². The molecule has 1 rings (SSSR count). The summed E-state index contributed by atoms with van der Waals surface area (Å²) in [5.41, 5.74) is 0.0378. The minimum atomic E-state index is -3.71. The Labute approximate surface area is 107 Å². The summed E-state index contributed by atoms with van der Waals surface area (Å²) in [5.74, 6) is -0.667. The Morgan fingerprint density at radius 2 is 2.00 bits per heavy atom. The first-order valence-corrected chi connectivity index (χ1v) is 7.10. The molecule has 18 heavy (non-hydrogen) atoms. The van der Waals surface area contributed by atoms with Gasteiger partial charge in [0.05, 0.1) is 17.6 Å². The van der Waals surface area contributed by atoms with Crippen molar-refractivity contribution in [1.29, 1.82) is 0 Å². The van der Waals surface area contributed by atoms with Crippen molar-refractivity contribution >= 4 is 16.0 Å². The highest BCUT2D eigenvalue weighted by Gasteiger charge is 2.23. The Morgan fingerprint density at radius 1 is 1.39 bits per heavy atom. The smallest absolute Gasteiger partial charge is 0.339 e. The van der Waals surface area contributed by atoms with Crippen molar-refractivity contribution in [3.05, 3.63) is 29.8 Å². The van der Waals surface area contributed by atoms with E-state index < -0.39 is 16.0 Å². The summed E-state index contributed by atoms with van der Waals surface area (Å²) in [4.78, 5) is 11.5. The van der Waals surface area contributed by atoms with E-state index in [0.717, 1.165) is 0 Å². The number of sulfonamides is 1. The molecule has 0 fully saturated rings. The third-order valence-electron chi connectivity index (χ3n) is 2.55. The molecular formula is C12H17NO4S. The van der Waals surface area contributed by atoms with Crippen LogP contribution in [0.3, 0.4) is 0 Å². The normalized spacial score (nSPS) is 13.1. The number of methoxy groups -OCH3 is 1. The highest BCUT2D eigenvalue weighted by atomic mass is 32.2. The lowest BCUT2D eigenvalue weighted by atomic mass is 10.2. The van der Waals surface area contributed by atoms with Crippen LogP contribution in [0.4, 0.5) is 0 Å². The number of ether oxygens (including phenoxy) is 1. The predicted molar refractivity (Wildman–Crippen MR) is 67.9 cm³/mol. The van der Waals surface area contributed by atoms with Crippen LogP contribution in [0.1, 0.15) is 30.6 Å². The minimum absolute atomic E-state index is 0.0378. The fourth-order valence-corrected chi connectivity index (χ4v) is 2.91. The molecule has 0 aromatic heterocycles. The molecule has 0 spiro atoms. The number of nitrogens with one attached hydrogen (secondary N) is 1. The first-order valence-electron chi connectivity index (χ1n) is 5.62. The van der Waals surface area contributed by atoms with Crippen LogP contribution in [-0.2, 0) is 14.8 Å². The van der Waals surface area contributed by atoms with Crippen molar-refractivity contribution in [2.24, 2.45) is 0 Å². The predicted octanol–water partition coefficient (Wildman–Crippen LogP) is 1.55. The lowest BCUT2D eigenvalue weighted by molar-refractivity contribution is 0.0596. The summed E-state index contributed by atoms with van der Waals surface area (Å²) in [6.07, 6.45) is 0.666. The molecule has 0 amide bonds. The maximum atomic E-state index is 12.1. The topological polar surface area (TPSA) is 72.5 Å². The maximum absolute atomic E-state index is 12.1. The van der Waals surface area contributed by atoms with Gasteiger partial charge in [-0.25, -0.2) is 17.9 Å². The second kappa shape index (κ2) is 5.97. The van der Waals surface area contributed by atoms with Gasteiger partial charge >= 0.3 is 5.97 Å². The number of rotatable bonds is 5. The molecule has 0 aliphatic rings. The van der Waals surface area contributed by atoms with Crippen LogP contribution in [0.15, 0.2) is 29.2 Å². The van der Waals surface area contributed by atoms with Gasteiger partial charge in [0.15, 0.2) is 0 Å². The SMILES string of the molecule is CCC(C)NS(=O)(=O)c1ccccc1C(=O)OC. The van der Waals surface area contributed by atoms with Crippen molar-refractivity contribution in [1.82, 2.24) is 4.72 Å². The Hall–Kier alpha value is -1.40. The van der Waals surface area contributed by atoms with Gasteiger partial charge in [-0.15, -0.1) is 0 Å². The number of benzene rings is 1. The lowest BCUT2D eigenvalue weighted by Crippen LogP contribution is -2.33. The molecule has 0 saturated heterocycles. The van der Waals surface area contributed by atoms with Gasteiger partial charge in [0, 0.05) is 6.04 Å². The monoisotopic (exact) mass is 271 g/mol. The second-order valence-corrected chi connectivity index (χ2v) is 5.60. The van der Waals surface area contributed by atoms with Crippen LogP contribution in [0.5, 0.6) is 0 Å². The molecular weight excluding hydrogens is 254 g/mol. The molecule has 0 saturated carbocycles. The van der Waals surface area contributed by atoms with Gasteiger partial charge in [0.2, 0.25) is 10.0 Å². The van der Waals surface area contributed by atoms with E-state index in [1.807, 2.05) is 6.92 Å². The molecule has 1 atom stereocenters. The zero-order valence-corrected chi connectivity index (χ0v) is 11.5. The van der Waals surface area contributed by atoms with Gasteiger partial charge in [0.25, 0.3) is 0 Å². The van der Waals surface area contributed by atoms with E-state index in [0.29, 0.717) is 6.42 Å². The molecule has 0 aliphatic heterocycles. The van der Waals surface area contributed by atoms with Gasteiger partial charge in [-0.3, -0.25) is 0 Å². The van der Waals surface area contributed by atoms with Crippen molar-refractivity contribution in [2.75, 3.05) is 7.11 Å². The first kappa shape index (κ1) is 14.7. The van der Waals surface area contributed by atoms with Gasteiger partial charge in [-0.05, 0) is 25.5 Å². The highest BCUT2D eigenvalue weighted by Crippen LogP contribution is 2.16. The van der Waals surface area contributed by atoms with Gasteiger partial charge in [-0.1, -0.05) is 19.1 Å². The molecule has 1 aromatic carbocycles. The summed E-state index contributed by atoms with van der Waals surface area (Å²) < 4.78 is 31.3. The summed E-state index contributed by atoms with van der Waals surface area (Å²) in [6, 6.07) is 5.78. The molecule has 100 valence electrons. The maximum Gasteiger partial charge on any atom is 0.339 e. The number of hydrogen-bond acceptors (Lipinski definition) is 4. The van der Waals surface area contributed by atoms with Crippen molar-refractivity contribution in [3.63, 3.8) is 0 Å². The minimum Gasteiger partial charge on any atom is -0.465 e. The first-order chi connectivity index (χ1) is 8.42. The molecule has 0 aliphatic carbocycles. The zero-order chi connectivity index (χ0) is 13.8. The molecule has 1 unspecified atom stereocenters. The third kappa shape index (κ3) is 3.30. The second-order valence-electron chi connectivity index (χ2n) is 3.92. The van der Waals surface area contributed by atoms with E-state index in [1.54, 1.807) is 19.1 Å². The molecule has 0 bridgehead atoms. The van der Waals surface area contributed by atoms with Crippen molar-refractivity contribution in [2.45, 2.75) is 31.2 Å². The van der Waals surface area contributed by atoms with E-state index in [2.05, 4.69) is 9.46 Å². The molecule has 5 nitrogen and oxygen atoms in total. The molecule has 6 heteroatoms. The van der Waals surface area contributed by atoms with E-state index in [1.165, 1.54) is 19.2 Å². The number of esters is 1. The Balaban J connectivity index is 3.20. The molecule has 1 N–H and O–H groups in total. The average molecular weight is 271 g/mol. The quantitative estimate of drug-likeness (QED) is 0.825. The number of carbonyl (C=O) groups is 1. The Kier molecular flexibility index (Phi) is 4.86. The summed E-state index contributed by atoms with van der Waals surface area (Å²) in [5, 5.41) is 0. The summed E-state index contributed by atoms with van der Waals surface area (Å²) in [7, 11) is -2.49. The summed E-state index contributed by atoms with van der Waals surface area (Å²) in [6.45, 7) is 3.64. The van der Waals surface area contributed by atoms with Crippen LogP contribution in [0.25, 0.3) is 0 Å². The van der Waals surface area contributed by atoms with Crippen LogP contribution < -0.4 is 4.72 Å². The molecule has 0 heterocycles. The van der Waals surface area contributed by atoms with Crippen LogP contribution in [0, 0.1) is 0 Å². The highest BCUT2D eigenvalue weighted by molar-refractivity contribution is 7.89. The van der Waals surface area contributed by atoms with Crippen LogP contribution in [0.2, 0.25) is 0 Å². The number of hydrogen-bond donors (Lipinski definition) is 1. The average Bonchev–Trinajstić information content (AvgIpc) is 2.37. The van der Waals surface area contributed by atoms with Gasteiger partial charge in [0.1, 0.15) is 0 Å². The summed E-state index contributed by atoms with van der Waals surface area (Å²) >= 11 is 0. The lowest BCUT2D eigenvalue weighted by Gasteiger charge is -2.14. The van der Waals surface area contributed by atoms with E-state index >= 15 is 0 Å². The standard InChI is InChI=1S/C12H17NO4S/c1-4-9(2)13-18(15,16)11-8-6-5-7-10(11)12(14)17-3/h5-9,13H,4H2,1-3H3. The fraction of sp³-hybridized carbons (Fsp3) is 0.417. The Morgan fingerprint density at radius 3 is 2.56 bits per heavy atom.